The summed E-state index contributed by atoms with van der Waals surface area (Å²) < 4.78 is 5.43. The zero-order chi connectivity index (χ0) is 19.7. The lowest BCUT2D eigenvalue weighted by atomic mass is 9.99. The summed E-state index contributed by atoms with van der Waals surface area (Å²) in [4.78, 5) is 38.7. The van der Waals surface area contributed by atoms with Crippen molar-refractivity contribution in [3.63, 3.8) is 0 Å². The van der Waals surface area contributed by atoms with Crippen LogP contribution in [0.15, 0.2) is 72.3 Å². The first-order valence-electron chi connectivity index (χ1n) is 8.62. The fourth-order valence-electron chi connectivity index (χ4n) is 3.22. The zero-order valence-electron chi connectivity index (χ0n) is 15.0. The molecule has 4 rings (SSSR count). The number of imide groups is 2. The first kappa shape index (κ1) is 17.5. The van der Waals surface area contributed by atoms with Crippen molar-refractivity contribution >= 4 is 40.4 Å². The van der Waals surface area contributed by atoms with E-state index in [1.165, 1.54) is 13.2 Å². The maximum absolute atomic E-state index is 13.0. The van der Waals surface area contributed by atoms with Crippen molar-refractivity contribution in [1.29, 1.82) is 0 Å². The lowest BCUT2D eigenvalue weighted by molar-refractivity contribution is -0.122. The Balaban J connectivity index is 1.87. The summed E-state index contributed by atoms with van der Waals surface area (Å²) in [5, 5.41) is 4.00. The van der Waals surface area contributed by atoms with Crippen LogP contribution >= 0.6 is 0 Å². The van der Waals surface area contributed by atoms with E-state index in [0.717, 1.165) is 15.7 Å². The molecule has 1 N–H and O–H groups in total. The van der Waals surface area contributed by atoms with Crippen LogP contribution in [0.1, 0.15) is 5.56 Å². The number of rotatable bonds is 3. The molecule has 28 heavy (non-hydrogen) atoms. The minimum Gasteiger partial charge on any atom is -0.496 e. The molecule has 4 amide bonds. The van der Waals surface area contributed by atoms with E-state index in [0.29, 0.717) is 17.0 Å². The molecule has 1 heterocycles. The number of fused-ring (bicyclic) bond motifs is 1. The smallest absolute Gasteiger partial charge is 0.335 e. The Morgan fingerprint density at radius 2 is 1.61 bits per heavy atom. The number of para-hydroxylation sites is 1. The monoisotopic (exact) mass is 372 g/mol. The first-order valence-corrected chi connectivity index (χ1v) is 8.62. The highest BCUT2D eigenvalue weighted by atomic mass is 16.5. The molecule has 6 heteroatoms. The lowest BCUT2D eigenvalue weighted by Gasteiger charge is -2.26. The van der Waals surface area contributed by atoms with Gasteiger partial charge in [-0.15, -0.1) is 0 Å². The Morgan fingerprint density at radius 3 is 2.36 bits per heavy atom. The van der Waals surface area contributed by atoms with Crippen molar-refractivity contribution in [3.8, 4) is 5.75 Å². The maximum atomic E-state index is 13.0. The van der Waals surface area contributed by atoms with Crippen molar-refractivity contribution in [2.45, 2.75) is 0 Å². The van der Waals surface area contributed by atoms with Crippen LogP contribution in [-0.4, -0.2) is 25.0 Å². The van der Waals surface area contributed by atoms with E-state index >= 15 is 0 Å². The van der Waals surface area contributed by atoms with Crippen LogP contribution in [0.3, 0.4) is 0 Å². The predicted octanol–water partition coefficient (Wildman–Crippen LogP) is 3.51. The quantitative estimate of drug-likeness (QED) is 0.564. The number of ether oxygens (including phenoxy) is 1. The molecular formula is C22H16N2O4. The third-order valence-electron chi connectivity index (χ3n) is 4.56. The fraction of sp³-hybridized carbons (Fsp3) is 0.0455. The summed E-state index contributed by atoms with van der Waals surface area (Å²) in [6.07, 6.45) is 1.47. The Bertz CT molecular complexity index is 1140. The second-order valence-corrected chi connectivity index (χ2v) is 6.20. The summed E-state index contributed by atoms with van der Waals surface area (Å²) in [6.45, 7) is 0. The number of urea groups is 1. The Morgan fingerprint density at radius 1 is 0.893 bits per heavy atom. The van der Waals surface area contributed by atoms with Gasteiger partial charge in [-0.1, -0.05) is 48.5 Å². The minimum absolute atomic E-state index is 0.141. The topological polar surface area (TPSA) is 75.7 Å². The average molecular weight is 372 g/mol. The molecule has 138 valence electrons. The molecule has 1 saturated heterocycles. The molecular weight excluding hydrogens is 356 g/mol. The third-order valence-corrected chi connectivity index (χ3v) is 4.56. The van der Waals surface area contributed by atoms with Crippen molar-refractivity contribution in [3.05, 3.63) is 77.9 Å². The number of carbonyl (C=O) groups excluding carboxylic acids is 3. The van der Waals surface area contributed by atoms with E-state index < -0.39 is 17.8 Å². The average Bonchev–Trinajstić information content (AvgIpc) is 2.71. The number of hydrogen-bond donors (Lipinski definition) is 1. The molecule has 1 aliphatic heterocycles. The second kappa shape index (κ2) is 7.00. The summed E-state index contributed by atoms with van der Waals surface area (Å²) in [5.74, 6) is -0.901. The van der Waals surface area contributed by atoms with Gasteiger partial charge in [-0.2, -0.15) is 0 Å². The van der Waals surface area contributed by atoms with Gasteiger partial charge < -0.3 is 4.74 Å². The van der Waals surface area contributed by atoms with E-state index in [-0.39, 0.29) is 5.57 Å². The molecule has 3 aromatic carbocycles. The molecule has 0 aliphatic carbocycles. The van der Waals surface area contributed by atoms with Crippen LogP contribution in [0.25, 0.3) is 16.8 Å². The number of methoxy groups -OCH3 is 1. The third kappa shape index (κ3) is 2.91. The molecule has 0 spiro atoms. The van der Waals surface area contributed by atoms with E-state index in [9.17, 15) is 14.4 Å². The SMILES string of the molecule is COc1ccc2ccccc2c1/C=C1/C(=O)NC(=O)N(c2ccccc2)C1=O. The minimum atomic E-state index is -0.775. The molecule has 1 aliphatic rings. The Kier molecular flexibility index (Phi) is 4.37. The molecule has 0 radical (unpaired) electrons. The van der Waals surface area contributed by atoms with Crippen LogP contribution in [0.4, 0.5) is 10.5 Å². The predicted molar refractivity (Wildman–Crippen MR) is 106 cm³/mol. The molecule has 3 aromatic rings. The van der Waals surface area contributed by atoms with E-state index in [2.05, 4.69) is 5.32 Å². The van der Waals surface area contributed by atoms with E-state index in [1.807, 2.05) is 30.3 Å². The number of nitrogens with zero attached hydrogens (tertiary/aromatic N) is 1. The van der Waals surface area contributed by atoms with E-state index in [4.69, 9.17) is 4.74 Å². The summed E-state index contributed by atoms with van der Waals surface area (Å²) in [5.41, 5.74) is 0.841. The maximum Gasteiger partial charge on any atom is 0.335 e. The van der Waals surface area contributed by atoms with E-state index in [1.54, 1.807) is 36.4 Å². The Labute approximate surface area is 161 Å². The van der Waals surface area contributed by atoms with Crippen LogP contribution in [0, 0.1) is 0 Å². The van der Waals surface area contributed by atoms with Crippen molar-refractivity contribution in [2.75, 3.05) is 12.0 Å². The second-order valence-electron chi connectivity index (χ2n) is 6.20. The number of benzene rings is 3. The molecule has 0 saturated carbocycles. The highest BCUT2D eigenvalue weighted by Crippen LogP contribution is 2.31. The van der Waals surface area contributed by atoms with Crippen LogP contribution in [0.2, 0.25) is 0 Å². The van der Waals surface area contributed by atoms with Gasteiger partial charge in [0.1, 0.15) is 11.3 Å². The van der Waals surface area contributed by atoms with Crippen molar-refractivity contribution < 1.29 is 19.1 Å². The number of anilines is 1. The molecule has 0 atom stereocenters. The van der Waals surface area contributed by atoms with Gasteiger partial charge in [0.15, 0.2) is 0 Å². The van der Waals surface area contributed by atoms with Gasteiger partial charge in [0.2, 0.25) is 0 Å². The lowest BCUT2D eigenvalue weighted by Crippen LogP contribution is -2.54. The molecule has 6 nitrogen and oxygen atoms in total. The normalized spacial score (nSPS) is 15.8. The number of barbiturate groups is 1. The van der Waals surface area contributed by atoms with Gasteiger partial charge in [0.05, 0.1) is 12.8 Å². The van der Waals surface area contributed by atoms with Crippen LogP contribution in [0.5, 0.6) is 5.75 Å². The number of carbonyl (C=O) groups is 3. The van der Waals surface area contributed by atoms with Crippen LogP contribution < -0.4 is 15.0 Å². The van der Waals surface area contributed by atoms with Crippen molar-refractivity contribution in [2.24, 2.45) is 0 Å². The van der Waals surface area contributed by atoms with Crippen LogP contribution in [-0.2, 0) is 9.59 Å². The van der Waals surface area contributed by atoms with Gasteiger partial charge >= 0.3 is 6.03 Å². The highest BCUT2D eigenvalue weighted by Gasteiger charge is 2.37. The molecule has 1 fully saturated rings. The Hall–Kier alpha value is -3.93. The van der Waals surface area contributed by atoms with Gasteiger partial charge in [0.25, 0.3) is 11.8 Å². The molecule has 0 unspecified atom stereocenters. The molecule has 0 bridgehead atoms. The number of amides is 4. The van der Waals surface area contributed by atoms with Gasteiger partial charge in [-0.3, -0.25) is 14.9 Å². The first-order chi connectivity index (χ1) is 13.6. The number of hydrogen-bond acceptors (Lipinski definition) is 4. The zero-order valence-corrected chi connectivity index (χ0v) is 15.0. The fourth-order valence-corrected chi connectivity index (χ4v) is 3.22. The van der Waals surface area contributed by atoms with Crippen molar-refractivity contribution in [1.82, 2.24) is 5.32 Å². The van der Waals surface area contributed by atoms with Gasteiger partial charge in [-0.25, -0.2) is 9.69 Å². The summed E-state index contributed by atoms with van der Waals surface area (Å²) >= 11 is 0. The molecule has 0 aromatic heterocycles. The van der Waals surface area contributed by atoms with Gasteiger partial charge in [0, 0.05) is 5.56 Å². The summed E-state index contributed by atoms with van der Waals surface area (Å²) in [6, 6.07) is 18.9. The summed E-state index contributed by atoms with van der Waals surface area (Å²) in [7, 11) is 1.52. The highest BCUT2D eigenvalue weighted by molar-refractivity contribution is 6.39. The van der Waals surface area contributed by atoms with Gasteiger partial charge in [-0.05, 0) is 35.0 Å². The largest absolute Gasteiger partial charge is 0.496 e. The number of nitrogens with one attached hydrogen (secondary N) is 1. The standard InChI is InChI=1S/C22H16N2O4/c1-28-19-12-11-14-7-5-6-10-16(14)17(19)13-18-20(25)23-22(27)24(21(18)26)15-8-3-2-4-9-15/h2-13H,1H3,(H,23,25,27)/b18-13-.